The van der Waals surface area contributed by atoms with Crippen LogP contribution in [0, 0.1) is 5.82 Å². The molecule has 0 spiro atoms. The number of methoxy groups -OCH3 is 2. The van der Waals surface area contributed by atoms with E-state index in [-0.39, 0.29) is 11.9 Å². The molecule has 1 N–H and O–H groups in total. The smallest absolute Gasteiger partial charge is 0.161 e. The van der Waals surface area contributed by atoms with Crippen molar-refractivity contribution in [2.24, 2.45) is 0 Å². The van der Waals surface area contributed by atoms with E-state index in [0.29, 0.717) is 22.8 Å². The molecule has 0 aliphatic carbocycles. The normalized spacial score (nSPS) is 16.6. The first kappa shape index (κ1) is 17.1. The van der Waals surface area contributed by atoms with E-state index in [2.05, 4.69) is 5.32 Å². The second-order valence-corrected chi connectivity index (χ2v) is 6.31. The SMILES string of the molecule is COc1cc2c(cc1OC)[C@H](CCc1c(F)cccc1Cl)NCC2. The van der Waals surface area contributed by atoms with E-state index in [1.807, 2.05) is 12.1 Å². The van der Waals surface area contributed by atoms with Gasteiger partial charge in [0.2, 0.25) is 0 Å². The molecule has 0 saturated heterocycles. The summed E-state index contributed by atoms with van der Waals surface area (Å²) in [5.41, 5.74) is 3.01. The molecule has 1 aliphatic heterocycles. The van der Waals surface area contributed by atoms with E-state index in [0.717, 1.165) is 25.1 Å². The first-order chi connectivity index (χ1) is 11.6. The van der Waals surface area contributed by atoms with Crippen molar-refractivity contribution in [2.75, 3.05) is 20.8 Å². The number of hydrogen-bond donors (Lipinski definition) is 1. The maximum absolute atomic E-state index is 14.0. The molecule has 0 aromatic heterocycles. The summed E-state index contributed by atoms with van der Waals surface area (Å²) in [6.07, 6.45) is 2.28. The Morgan fingerprint density at radius 3 is 2.67 bits per heavy atom. The van der Waals surface area contributed by atoms with Crippen molar-refractivity contribution in [2.45, 2.75) is 25.3 Å². The molecule has 1 heterocycles. The second-order valence-electron chi connectivity index (χ2n) is 5.90. The van der Waals surface area contributed by atoms with Gasteiger partial charge in [-0.25, -0.2) is 4.39 Å². The summed E-state index contributed by atoms with van der Waals surface area (Å²) >= 11 is 6.14. The molecular formula is C19H21ClFNO2. The van der Waals surface area contributed by atoms with E-state index < -0.39 is 0 Å². The van der Waals surface area contributed by atoms with Crippen molar-refractivity contribution in [1.82, 2.24) is 5.32 Å². The lowest BCUT2D eigenvalue weighted by molar-refractivity contribution is 0.351. The summed E-state index contributed by atoms with van der Waals surface area (Å²) in [6.45, 7) is 0.887. The Bertz CT molecular complexity index is 715. The highest BCUT2D eigenvalue weighted by Gasteiger charge is 2.23. The van der Waals surface area contributed by atoms with E-state index in [1.165, 1.54) is 17.2 Å². The topological polar surface area (TPSA) is 30.5 Å². The molecule has 3 nitrogen and oxygen atoms in total. The average Bonchev–Trinajstić information content (AvgIpc) is 2.60. The third-order valence-electron chi connectivity index (χ3n) is 4.55. The molecule has 0 amide bonds. The lowest BCUT2D eigenvalue weighted by Crippen LogP contribution is -2.30. The summed E-state index contributed by atoms with van der Waals surface area (Å²) in [4.78, 5) is 0. The van der Waals surface area contributed by atoms with Crippen LogP contribution in [0.5, 0.6) is 11.5 Å². The lowest BCUT2D eigenvalue weighted by atomic mass is 9.90. The fourth-order valence-electron chi connectivity index (χ4n) is 3.29. The maximum atomic E-state index is 14.0. The standard InChI is InChI=1S/C19H21ClFNO2/c1-23-18-10-12-8-9-22-17(14(12)11-19(18)24-2)7-6-13-15(20)4-3-5-16(13)21/h3-5,10-11,17,22H,6-9H2,1-2H3/t17-/m0/s1. The van der Waals surface area contributed by atoms with Crippen molar-refractivity contribution >= 4 is 11.6 Å². The van der Waals surface area contributed by atoms with Gasteiger partial charge in [0.15, 0.2) is 11.5 Å². The van der Waals surface area contributed by atoms with Crippen LogP contribution in [0.3, 0.4) is 0 Å². The summed E-state index contributed by atoms with van der Waals surface area (Å²) < 4.78 is 24.8. The zero-order valence-electron chi connectivity index (χ0n) is 13.9. The van der Waals surface area contributed by atoms with Gasteiger partial charge in [-0.05, 0) is 61.2 Å². The van der Waals surface area contributed by atoms with Crippen molar-refractivity contribution in [3.8, 4) is 11.5 Å². The summed E-state index contributed by atoms with van der Waals surface area (Å²) in [6, 6.07) is 9.02. The van der Waals surface area contributed by atoms with E-state index in [4.69, 9.17) is 21.1 Å². The van der Waals surface area contributed by atoms with Crippen LogP contribution < -0.4 is 14.8 Å². The van der Waals surface area contributed by atoms with Crippen LogP contribution in [-0.4, -0.2) is 20.8 Å². The van der Waals surface area contributed by atoms with E-state index in [9.17, 15) is 4.39 Å². The Morgan fingerprint density at radius 2 is 1.96 bits per heavy atom. The fraction of sp³-hybridized carbons (Fsp3) is 0.368. The molecule has 0 saturated carbocycles. The first-order valence-electron chi connectivity index (χ1n) is 8.05. The van der Waals surface area contributed by atoms with Crippen LogP contribution in [-0.2, 0) is 12.8 Å². The molecule has 1 aliphatic rings. The zero-order valence-corrected chi connectivity index (χ0v) is 14.6. The number of fused-ring (bicyclic) bond motifs is 1. The van der Waals surface area contributed by atoms with Crippen LogP contribution in [0.15, 0.2) is 30.3 Å². The summed E-state index contributed by atoms with van der Waals surface area (Å²) in [5, 5.41) is 4.00. The average molecular weight is 350 g/mol. The van der Waals surface area contributed by atoms with E-state index >= 15 is 0 Å². The highest BCUT2D eigenvalue weighted by Crippen LogP contribution is 2.36. The first-order valence-corrected chi connectivity index (χ1v) is 8.43. The zero-order chi connectivity index (χ0) is 17.1. The van der Waals surface area contributed by atoms with Gasteiger partial charge in [-0.1, -0.05) is 17.7 Å². The number of hydrogen-bond acceptors (Lipinski definition) is 3. The van der Waals surface area contributed by atoms with Gasteiger partial charge in [0.25, 0.3) is 0 Å². The van der Waals surface area contributed by atoms with Crippen LogP contribution >= 0.6 is 11.6 Å². The molecule has 3 rings (SSSR count). The van der Waals surface area contributed by atoms with Crippen molar-refractivity contribution in [1.29, 1.82) is 0 Å². The molecule has 2 aromatic carbocycles. The molecule has 0 bridgehead atoms. The lowest BCUT2D eigenvalue weighted by Gasteiger charge is -2.28. The molecular weight excluding hydrogens is 329 g/mol. The quantitative estimate of drug-likeness (QED) is 0.872. The number of ether oxygens (including phenoxy) is 2. The predicted octanol–water partition coefficient (Wildman–Crippen LogP) is 4.32. The number of benzene rings is 2. The van der Waals surface area contributed by atoms with Gasteiger partial charge >= 0.3 is 0 Å². The molecule has 5 heteroatoms. The monoisotopic (exact) mass is 349 g/mol. The molecule has 0 radical (unpaired) electrons. The van der Waals surface area contributed by atoms with Gasteiger partial charge in [-0.3, -0.25) is 0 Å². The second kappa shape index (κ2) is 7.41. The van der Waals surface area contributed by atoms with Gasteiger partial charge in [0.1, 0.15) is 5.82 Å². The third kappa shape index (κ3) is 3.35. The largest absolute Gasteiger partial charge is 0.493 e. The van der Waals surface area contributed by atoms with Gasteiger partial charge in [-0.2, -0.15) is 0 Å². The molecule has 0 unspecified atom stereocenters. The molecule has 0 fully saturated rings. The van der Waals surface area contributed by atoms with Gasteiger partial charge < -0.3 is 14.8 Å². The van der Waals surface area contributed by atoms with Crippen LogP contribution in [0.25, 0.3) is 0 Å². The Labute approximate surface area is 146 Å². The van der Waals surface area contributed by atoms with E-state index in [1.54, 1.807) is 26.4 Å². The van der Waals surface area contributed by atoms with Gasteiger partial charge in [0, 0.05) is 16.6 Å². The Kier molecular flexibility index (Phi) is 5.27. The molecule has 128 valence electrons. The minimum atomic E-state index is -0.245. The van der Waals surface area contributed by atoms with Crippen molar-refractivity contribution in [3.05, 3.63) is 57.9 Å². The van der Waals surface area contributed by atoms with Crippen LogP contribution in [0.2, 0.25) is 5.02 Å². The Hall–Kier alpha value is -1.78. The van der Waals surface area contributed by atoms with Crippen LogP contribution in [0.4, 0.5) is 4.39 Å². The maximum Gasteiger partial charge on any atom is 0.161 e. The number of halogens is 2. The summed E-state index contributed by atoms with van der Waals surface area (Å²) in [5.74, 6) is 1.22. The van der Waals surface area contributed by atoms with Crippen LogP contribution in [0.1, 0.15) is 29.2 Å². The molecule has 24 heavy (non-hydrogen) atoms. The Morgan fingerprint density at radius 1 is 1.21 bits per heavy atom. The molecule has 1 atom stereocenters. The molecule has 2 aromatic rings. The van der Waals surface area contributed by atoms with Crippen molar-refractivity contribution in [3.63, 3.8) is 0 Å². The number of rotatable bonds is 5. The third-order valence-corrected chi connectivity index (χ3v) is 4.90. The van der Waals surface area contributed by atoms with Gasteiger partial charge in [-0.15, -0.1) is 0 Å². The minimum Gasteiger partial charge on any atom is -0.493 e. The fourth-order valence-corrected chi connectivity index (χ4v) is 3.54. The predicted molar refractivity (Wildman–Crippen MR) is 93.7 cm³/mol. The Balaban J connectivity index is 1.84. The number of nitrogens with one attached hydrogen (secondary N) is 1. The highest BCUT2D eigenvalue weighted by molar-refractivity contribution is 6.31. The summed E-state index contributed by atoms with van der Waals surface area (Å²) in [7, 11) is 3.28. The van der Waals surface area contributed by atoms with Gasteiger partial charge in [0.05, 0.1) is 14.2 Å². The minimum absolute atomic E-state index is 0.143. The highest BCUT2D eigenvalue weighted by atomic mass is 35.5. The van der Waals surface area contributed by atoms with Crippen molar-refractivity contribution < 1.29 is 13.9 Å².